The first-order valence-corrected chi connectivity index (χ1v) is 8.49. The number of rotatable bonds is 7. The standard InChI is InChI=1S/C17H36N2/c1-7-15(8-2)12-19-14-17(10-4,11-5)18-13-16(19,6)9-3/h15,18H,7-14H2,1-6H3. The first-order valence-electron chi connectivity index (χ1n) is 8.49. The summed E-state index contributed by atoms with van der Waals surface area (Å²) in [6.45, 7) is 17.8. The zero-order chi connectivity index (χ0) is 14.5. The molecular formula is C17H36N2. The third kappa shape index (κ3) is 3.72. The minimum atomic E-state index is 0.344. The Morgan fingerprint density at radius 2 is 1.58 bits per heavy atom. The second-order valence-electron chi connectivity index (χ2n) is 6.75. The molecular weight excluding hydrogens is 232 g/mol. The monoisotopic (exact) mass is 268 g/mol. The molecule has 0 aromatic rings. The maximum atomic E-state index is 3.87. The molecule has 1 fully saturated rings. The van der Waals surface area contributed by atoms with Crippen molar-refractivity contribution in [3.05, 3.63) is 0 Å². The topological polar surface area (TPSA) is 15.3 Å². The lowest BCUT2D eigenvalue weighted by Gasteiger charge is -2.54. The van der Waals surface area contributed by atoms with Crippen molar-refractivity contribution >= 4 is 0 Å². The van der Waals surface area contributed by atoms with Crippen LogP contribution in [0.5, 0.6) is 0 Å². The van der Waals surface area contributed by atoms with E-state index in [1.807, 2.05) is 0 Å². The van der Waals surface area contributed by atoms with Crippen LogP contribution >= 0.6 is 0 Å². The predicted octanol–water partition coefficient (Wildman–Crippen LogP) is 4.06. The number of piperazine rings is 1. The van der Waals surface area contributed by atoms with E-state index >= 15 is 0 Å². The molecule has 1 N–H and O–H groups in total. The van der Waals surface area contributed by atoms with E-state index < -0.39 is 0 Å². The van der Waals surface area contributed by atoms with Gasteiger partial charge in [0.05, 0.1) is 0 Å². The zero-order valence-electron chi connectivity index (χ0n) is 14.2. The summed E-state index contributed by atoms with van der Waals surface area (Å²) in [6, 6.07) is 0. The predicted molar refractivity (Wildman–Crippen MR) is 85.7 cm³/mol. The quantitative estimate of drug-likeness (QED) is 0.749. The summed E-state index contributed by atoms with van der Waals surface area (Å²) in [5.41, 5.74) is 0.692. The summed E-state index contributed by atoms with van der Waals surface area (Å²) in [7, 11) is 0. The summed E-state index contributed by atoms with van der Waals surface area (Å²) >= 11 is 0. The molecule has 0 amide bonds. The van der Waals surface area contributed by atoms with Gasteiger partial charge in [0, 0.05) is 30.7 Å². The molecule has 2 nitrogen and oxygen atoms in total. The van der Waals surface area contributed by atoms with E-state index in [2.05, 4.69) is 51.8 Å². The normalized spacial score (nSPS) is 27.9. The number of nitrogens with zero attached hydrogens (tertiary/aromatic N) is 1. The molecule has 0 spiro atoms. The van der Waals surface area contributed by atoms with E-state index in [4.69, 9.17) is 0 Å². The average molecular weight is 268 g/mol. The van der Waals surface area contributed by atoms with Gasteiger partial charge in [-0.1, -0.05) is 47.5 Å². The molecule has 0 aliphatic carbocycles. The largest absolute Gasteiger partial charge is 0.308 e. The Labute approximate surface area is 121 Å². The highest BCUT2D eigenvalue weighted by Crippen LogP contribution is 2.31. The third-order valence-corrected chi connectivity index (χ3v) is 5.85. The van der Waals surface area contributed by atoms with Crippen molar-refractivity contribution in [1.29, 1.82) is 0 Å². The van der Waals surface area contributed by atoms with Crippen LogP contribution in [0.3, 0.4) is 0 Å². The molecule has 1 heterocycles. The summed E-state index contributed by atoms with van der Waals surface area (Å²) in [5.74, 6) is 0.857. The van der Waals surface area contributed by atoms with E-state index in [0.29, 0.717) is 11.1 Å². The van der Waals surface area contributed by atoms with Crippen molar-refractivity contribution in [3.8, 4) is 0 Å². The second-order valence-corrected chi connectivity index (χ2v) is 6.75. The maximum Gasteiger partial charge on any atom is 0.0304 e. The van der Waals surface area contributed by atoms with Crippen LogP contribution in [0.1, 0.15) is 73.6 Å². The van der Waals surface area contributed by atoms with Crippen LogP contribution in [0, 0.1) is 5.92 Å². The Balaban J connectivity index is 2.84. The van der Waals surface area contributed by atoms with Crippen molar-refractivity contribution < 1.29 is 0 Å². The molecule has 0 bridgehead atoms. The van der Waals surface area contributed by atoms with Crippen molar-refractivity contribution in [2.45, 2.75) is 84.7 Å². The first kappa shape index (κ1) is 17.0. The van der Waals surface area contributed by atoms with E-state index in [1.165, 1.54) is 45.2 Å². The first-order chi connectivity index (χ1) is 8.99. The summed E-state index contributed by atoms with van der Waals surface area (Å²) in [6.07, 6.45) is 6.34. The fraction of sp³-hybridized carbons (Fsp3) is 1.00. The molecule has 0 saturated carbocycles. The van der Waals surface area contributed by atoms with Gasteiger partial charge in [0.15, 0.2) is 0 Å². The molecule has 0 aromatic heterocycles. The minimum Gasteiger partial charge on any atom is -0.308 e. The Morgan fingerprint density at radius 3 is 2.00 bits per heavy atom. The highest BCUT2D eigenvalue weighted by molar-refractivity contribution is 5.02. The molecule has 1 atom stereocenters. The highest BCUT2D eigenvalue weighted by atomic mass is 15.3. The van der Waals surface area contributed by atoms with Gasteiger partial charge in [-0.25, -0.2) is 0 Å². The van der Waals surface area contributed by atoms with Gasteiger partial charge in [0.1, 0.15) is 0 Å². The Kier molecular flexibility index (Phi) is 6.32. The summed E-state index contributed by atoms with van der Waals surface area (Å²) in [5, 5.41) is 3.87. The molecule has 2 heteroatoms. The van der Waals surface area contributed by atoms with Crippen LogP contribution in [-0.2, 0) is 0 Å². The smallest absolute Gasteiger partial charge is 0.0304 e. The molecule has 19 heavy (non-hydrogen) atoms. The van der Waals surface area contributed by atoms with Crippen LogP contribution in [0.2, 0.25) is 0 Å². The van der Waals surface area contributed by atoms with Gasteiger partial charge in [-0.2, -0.15) is 0 Å². The Bertz CT molecular complexity index is 256. The van der Waals surface area contributed by atoms with Gasteiger partial charge in [-0.05, 0) is 32.1 Å². The third-order valence-electron chi connectivity index (χ3n) is 5.85. The van der Waals surface area contributed by atoms with Crippen LogP contribution < -0.4 is 5.32 Å². The summed E-state index contributed by atoms with van der Waals surface area (Å²) in [4.78, 5) is 2.80. The molecule has 0 aromatic carbocycles. The van der Waals surface area contributed by atoms with Gasteiger partial charge in [-0.3, -0.25) is 4.90 Å². The van der Waals surface area contributed by atoms with Gasteiger partial charge in [0.25, 0.3) is 0 Å². The number of nitrogens with one attached hydrogen (secondary N) is 1. The van der Waals surface area contributed by atoms with Crippen LogP contribution in [0.4, 0.5) is 0 Å². The zero-order valence-corrected chi connectivity index (χ0v) is 14.2. The maximum absolute atomic E-state index is 3.87. The van der Waals surface area contributed by atoms with Crippen LogP contribution in [-0.4, -0.2) is 35.6 Å². The van der Waals surface area contributed by atoms with Crippen LogP contribution in [0.15, 0.2) is 0 Å². The minimum absolute atomic E-state index is 0.344. The fourth-order valence-electron chi connectivity index (χ4n) is 3.32. The Morgan fingerprint density at radius 1 is 1.00 bits per heavy atom. The number of hydrogen-bond acceptors (Lipinski definition) is 2. The summed E-state index contributed by atoms with van der Waals surface area (Å²) < 4.78 is 0. The lowest BCUT2D eigenvalue weighted by Crippen LogP contribution is -2.69. The molecule has 1 rings (SSSR count). The van der Waals surface area contributed by atoms with Crippen molar-refractivity contribution in [1.82, 2.24) is 10.2 Å². The Hall–Kier alpha value is -0.0800. The molecule has 1 aliphatic heterocycles. The van der Waals surface area contributed by atoms with Crippen molar-refractivity contribution in [3.63, 3.8) is 0 Å². The SMILES string of the molecule is CCC(CC)CN1CC(CC)(CC)NCC1(C)CC. The lowest BCUT2D eigenvalue weighted by atomic mass is 9.82. The van der Waals surface area contributed by atoms with Crippen molar-refractivity contribution in [2.24, 2.45) is 5.92 Å². The van der Waals surface area contributed by atoms with Gasteiger partial charge in [-0.15, -0.1) is 0 Å². The highest BCUT2D eigenvalue weighted by Gasteiger charge is 2.42. The average Bonchev–Trinajstić information content (AvgIpc) is 2.46. The molecule has 1 unspecified atom stereocenters. The van der Waals surface area contributed by atoms with E-state index in [9.17, 15) is 0 Å². The van der Waals surface area contributed by atoms with E-state index in [0.717, 1.165) is 12.5 Å². The van der Waals surface area contributed by atoms with Crippen LogP contribution in [0.25, 0.3) is 0 Å². The molecule has 114 valence electrons. The fourth-order valence-corrected chi connectivity index (χ4v) is 3.32. The van der Waals surface area contributed by atoms with E-state index in [1.54, 1.807) is 0 Å². The second kappa shape index (κ2) is 7.08. The molecule has 0 radical (unpaired) electrons. The molecule has 1 aliphatic rings. The van der Waals surface area contributed by atoms with Gasteiger partial charge in [0.2, 0.25) is 0 Å². The van der Waals surface area contributed by atoms with E-state index in [-0.39, 0.29) is 0 Å². The van der Waals surface area contributed by atoms with Crippen molar-refractivity contribution in [2.75, 3.05) is 19.6 Å². The molecule has 1 saturated heterocycles. The number of hydrogen-bond donors (Lipinski definition) is 1. The van der Waals surface area contributed by atoms with Gasteiger partial charge < -0.3 is 5.32 Å². The lowest BCUT2D eigenvalue weighted by molar-refractivity contribution is -0.00252. The van der Waals surface area contributed by atoms with Gasteiger partial charge >= 0.3 is 0 Å².